The predicted molar refractivity (Wildman–Crippen MR) is 85.4 cm³/mol. The predicted octanol–water partition coefficient (Wildman–Crippen LogP) is 3.71. The van der Waals surface area contributed by atoms with Crippen molar-refractivity contribution >= 4 is 22.2 Å². The van der Waals surface area contributed by atoms with Gasteiger partial charge in [-0.3, -0.25) is 9.69 Å². The van der Waals surface area contributed by atoms with E-state index in [0.29, 0.717) is 22.7 Å². The molecule has 1 heterocycles. The molecule has 1 aromatic carbocycles. The smallest absolute Gasteiger partial charge is 0.315 e. The summed E-state index contributed by atoms with van der Waals surface area (Å²) in [6.07, 6.45) is -4.36. The van der Waals surface area contributed by atoms with Crippen molar-refractivity contribution < 1.29 is 18.0 Å². The van der Waals surface area contributed by atoms with Crippen LogP contribution in [-0.4, -0.2) is 24.4 Å². The molecule has 0 fully saturated rings. The average Bonchev–Trinajstić information content (AvgIpc) is 2.93. The maximum absolute atomic E-state index is 12.5. The lowest BCUT2D eigenvalue weighted by atomic mass is 10.1. The lowest BCUT2D eigenvalue weighted by Gasteiger charge is -2.16. The second-order valence-electron chi connectivity index (χ2n) is 5.19. The summed E-state index contributed by atoms with van der Waals surface area (Å²) in [5, 5.41) is 13.7. The molecule has 4 nitrogen and oxygen atoms in total. The van der Waals surface area contributed by atoms with E-state index >= 15 is 0 Å². The zero-order chi connectivity index (χ0) is 17.7. The minimum atomic E-state index is -4.36. The van der Waals surface area contributed by atoms with Gasteiger partial charge in [0.05, 0.1) is 17.7 Å². The molecule has 2 rings (SSSR count). The van der Waals surface area contributed by atoms with Crippen LogP contribution >= 0.6 is 11.3 Å². The van der Waals surface area contributed by atoms with Gasteiger partial charge in [-0.2, -0.15) is 18.4 Å². The number of hydrogen-bond acceptors (Lipinski definition) is 4. The van der Waals surface area contributed by atoms with Crippen molar-refractivity contribution in [3.8, 4) is 6.07 Å². The third kappa shape index (κ3) is 4.81. The Morgan fingerprint density at radius 1 is 1.29 bits per heavy atom. The number of carbonyl (C=O) groups is 1. The molecule has 0 radical (unpaired) electrons. The molecule has 0 saturated carbocycles. The highest BCUT2D eigenvalue weighted by Gasteiger charge is 2.29. The van der Waals surface area contributed by atoms with E-state index in [2.05, 4.69) is 5.32 Å². The van der Waals surface area contributed by atoms with Crippen LogP contribution in [0.4, 0.5) is 18.2 Å². The van der Waals surface area contributed by atoms with Crippen LogP contribution in [0.5, 0.6) is 0 Å². The van der Waals surface area contributed by atoms with Gasteiger partial charge < -0.3 is 5.32 Å². The van der Waals surface area contributed by atoms with Crippen molar-refractivity contribution in [3.63, 3.8) is 0 Å². The van der Waals surface area contributed by atoms with Crippen molar-refractivity contribution in [2.45, 2.75) is 12.7 Å². The first kappa shape index (κ1) is 18.0. The summed E-state index contributed by atoms with van der Waals surface area (Å²) in [5.41, 5.74) is 0.374. The summed E-state index contributed by atoms with van der Waals surface area (Å²) in [6.45, 7) is 0.394. The van der Waals surface area contributed by atoms with Crippen LogP contribution in [0.2, 0.25) is 0 Å². The third-order valence-electron chi connectivity index (χ3n) is 3.19. The van der Waals surface area contributed by atoms with Crippen molar-refractivity contribution in [2.75, 3.05) is 18.9 Å². The largest absolute Gasteiger partial charge is 0.416 e. The Labute approximate surface area is 141 Å². The molecule has 126 valence electrons. The summed E-state index contributed by atoms with van der Waals surface area (Å²) in [5.74, 6) is -0.289. The number of halogens is 3. The SMILES string of the molecule is CN(CC(=O)Nc1sccc1C#N)Cc1ccc(C(F)(F)F)cc1. The number of nitriles is 1. The Morgan fingerprint density at radius 3 is 2.54 bits per heavy atom. The second-order valence-corrected chi connectivity index (χ2v) is 6.11. The molecule has 1 aromatic heterocycles. The van der Waals surface area contributed by atoms with Gasteiger partial charge in [-0.1, -0.05) is 12.1 Å². The quantitative estimate of drug-likeness (QED) is 0.892. The number of carbonyl (C=O) groups excluding carboxylic acids is 1. The molecule has 8 heteroatoms. The Hall–Kier alpha value is -2.37. The number of benzene rings is 1. The van der Waals surface area contributed by atoms with Crippen LogP contribution in [0.15, 0.2) is 35.7 Å². The summed E-state index contributed by atoms with van der Waals surface area (Å²) in [7, 11) is 1.69. The van der Waals surface area contributed by atoms with Crippen molar-refractivity contribution in [3.05, 3.63) is 52.4 Å². The van der Waals surface area contributed by atoms with Gasteiger partial charge in [0, 0.05) is 6.54 Å². The van der Waals surface area contributed by atoms with E-state index in [1.54, 1.807) is 23.4 Å². The van der Waals surface area contributed by atoms with Crippen LogP contribution in [0.3, 0.4) is 0 Å². The molecule has 0 aliphatic heterocycles. The summed E-state index contributed by atoms with van der Waals surface area (Å²) in [4.78, 5) is 13.6. The van der Waals surface area contributed by atoms with Crippen LogP contribution in [-0.2, 0) is 17.5 Å². The molecular weight excluding hydrogens is 339 g/mol. The average molecular weight is 353 g/mol. The number of rotatable bonds is 5. The number of thiophene rings is 1. The number of nitrogens with zero attached hydrogens (tertiary/aromatic N) is 2. The van der Waals surface area contributed by atoms with E-state index in [-0.39, 0.29) is 12.5 Å². The first-order valence-corrected chi connectivity index (χ1v) is 7.79. The van der Waals surface area contributed by atoms with E-state index in [1.807, 2.05) is 6.07 Å². The first-order chi connectivity index (χ1) is 11.3. The van der Waals surface area contributed by atoms with Crippen LogP contribution in [0.25, 0.3) is 0 Å². The van der Waals surface area contributed by atoms with Crippen LogP contribution in [0, 0.1) is 11.3 Å². The first-order valence-electron chi connectivity index (χ1n) is 6.91. The molecule has 0 aliphatic carbocycles. The second kappa shape index (κ2) is 7.47. The normalized spacial score (nSPS) is 11.3. The highest BCUT2D eigenvalue weighted by Crippen LogP contribution is 2.29. The molecule has 0 saturated heterocycles. The minimum absolute atomic E-state index is 0.0593. The van der Waals surface area contributed by atoms with Gasteiger partial charge in [0.1, 0.15) is 11.1 Å². The number of alkyl halides is 3. The van der Waals surface area contributed by atoms with Crippen molar-refractivity contribution in [1.82, 2.24) is 4.90 Å². The maximum Gasteiger partial charge on any atom is 0.416 e. The number of nitrogens with one attached hydrogen (secondary N) is 1. The molecule has 0 aliphatic rings. The van der Waals surface area contributed by atoms with Crippen LogP contribution in [0.1, 0.15) is 16.7 Å². The van der Waals surface area contributed by atoms with Gasteiger partial charge in [-0.25, -0.2) is 0 Å². The van der Waals surface area contributed by atoms with Crippen molar-refractivity contribution in [1.29, 1.82) is 5.26 Å². The number of hydrogen-bond donors (Lipinski definition) is 1. The zero-order valence-electron chi connectivity index (χ0n) is 12.7. The number of likely N-dealkylation sites (N-methyl/N-ethyl adjacent to an activating group) is 1. The number of anilines is 1. The molecular formula is C16H14F3N3OS. The van der Waals surface area contributed by atoms with E-state index in [0.717, 1.165) is 12.1 Å². The Bertz CT molecular complexity index is 747. The Balaban J connectivity index is 1.90. The zero-order valence-corrected chi connectivity index (χ0v) is 13.5. The van der Waals surface area contributed by atoms with Crippen molar-refractivity contribution in [2.24, 2.45) is 0 Å². The fraction of sp³-hybridized carbons (Fsp3) is 0.250. The van der Waals surface area contributed by atoms with E-state index in [1.165, 1.54) is 23.5 Å². The molecule has 1 N–H and O–H groups in total. The molecule has 2 aromatic rings. The van der Waals surface area contributed by atoms with Gasteiger partial charge in [0.2, 0.25) is 5.91 Å². The summed E-state index contributed by atoms with van der Waals surface area (Å²) >= 11 is 1.26. The van der Waals surface area contributed by atoms with Gasteiger partial charge in [-0.05, 0) is 36.2 Å². The van der Waals surface area contributed by atoms with Crippen LogP contribution < -0.4 is 5.32 Å². The lowest BCUT2D eigenvalue weighted by Crippen LogP contribution is -2.29. The van der Waals surface area contributed by atoms with E-state index < -0.39 is 11.7 Å². The highest BCUT2D eigenvalue weighted by molar-refractivity contribution is 7.14. The monoisotopic (exact) mass is 353 g/mol. The fourth-order valence-corrected chi connectivity index (χ4v) is 2.83. The molecule has 0 atom stereocenters. The fourth-order valence-electron chi connectivity index (χ4n) is 2.07. The highest BCUT2D eigenvalue weighted by atomic mass is 32.1. The minimum Gasteiger partial charge on any atom is -0.315 e. The Morgan fingerprint density at radius 2 is 1.96 bits per heavy atom. The molecule has 24 heavy (non-hydrogen) atoms. The summed E-state index contributed by atoms with van der Waals surface area (Å²) in [6, 6.07) is 8.43. The lowest BCUT2D eigenvalue weighted by molar-refractivity contribution is -0.137. The maximum atomic E-state index is 12.5. The van der Waals surface area contributed by atoms with Gasteiger partial charge in [0.15, 0.2) is 0 Å². The van der Waals surface area contributed by atoms with E-state index in [9.17, 15) is 18.0 Å². The van der Waals surface area contributed by atoms with E-state index in [4.69, 9.17) is 5.26 Å². The topological polar surface area (TPSA) is 56.1 Å². The van der Waals surface area contributed by atoms with Gasteiger partial charge in [-0.15, -0.1) is 11.3 Å². The molecule has 0 bridgehead atoms. The molecule has 0 unspecified atom stereocenters. The number of amides is 1. The van der Waals surface area contributed by atoms with Gasteiger partial charge in [0.25, 0.3) is 0 Å². The standard InChI is InChI=1S/C16H14F3N3OS/c1-22(9-11-2-4-13(5-3-11)16(17,18)19)10-14(23)21-15-12(8-20)6-7-24-15/h2-7H,9-10H2,1H3,(H,21,23). The summed E-state index contributed by atoms with van der Waals surface area (Å²) < 4.78 is 37.5. The molecule has 1 amide bonds. The molecule has 0 spiro atoms. The Kier molecular flexibility index (Phi) is 5.59. The van der Waals surface area contributed by atoms with Gasteiger partial charge >= 0.3 is 6.18 Å². The third-order valence-corrected chi connectivity index (χ3v) is 4.02.